The third kappa shape index (κ3) is 5.07. The van der Waals surface area contributed by atoms with Gasteiger partial charge < -0.3 is 19.9 Å². The number of piperazine rings is 1. The van der Waals surface area contributed by atoms with Crippen LogP contribution < -0.4 is 10.1 Å². The molecule has 1 fully saturated rings. The highest BCUT2D eigenvalue weighted by atomic mass is 16.5. The molecule has 0 atom stereocenters. The van der Waals surface area contributed by atoms with Crippen LogP contribution in [0.2, 0.25) is 0 Å². The van der Waals surface area contributed by atoms with E-state index in [9.17, 15) is 9.59 Å². The summed E-state index contributed by atoms with van der Waals surface area (Å²) in [6.07, 6.45) is 2.23. The van der Waals surface area contributed by atoms with Crippen molar-refractivity contribution in [2.45, 2.75) is 6.42 Å². The maximum atomic E-state index is 12.6. The predicted octanol–water partition coefficient (Wildman–Crippen LogP) is 1.45. The number of amides is 2. The SMILES string of the molecule is COc1ccc(CCNC(=O)c2ccnc(C(=O)N3CCN(C)CC3)c2)cc1. The Morgan fingerprint density at radius 3 is 2.50 bits per heavy atom. The first-order chi connectivity index (χ1) is 13.6. The largest absolute Gasteiger partial charge is 0.497 e. The second kappa shape index (κ2) is 9.32. The van der Waals surface area contributed by atoms with Crippen LogP contribution in [0.1, 0.15) is 26.4 Å². The molecule has 1 aliphatic heterocycles. The molecule has 2 aromatic rings. The summed E-state index contributed by atoms with van der Waals surface area (Å²) in [7, 11) is 3.67. The van der Waals surface area contributed by atoms with Gasteiger partial charge in [-0.1, -0.05) is 12.1 Å². The maximum Gasteiger partial charge on any atom is 0.272 e. The number of benzene rings is 1. The summed E-state index contributed by atoms with van der Waals surface area (Å²) in [5, 5.41) is 2.90. The number of pyridine rings is 1. The number of rotatable bonds is 6. The highest BCUT2D eigenvalue weighted by Gasteiger charge is 2.22. The Hall–Kier alpha value is -2.93. The van der Waals surface area contributed by atoms with Gasteiger partial charge in [0.1, 0.15) is 11.4 Å². The fourth-order valence-electron chi connectivity index (χ4n) is 3.07. The number of nitrogens with zero attached hydrogens (tertiary/aromatic N) is 3. The van der Waals surface area contributed by atoms with Gasteiger partial charge >= 0.3 is 0 Å². The number of carbonyl (C=O) groups excluding carboxylic acids is 2. The lowest BCUT2D eigenvalue weighted by molar-refractivity contribution is 0.0658. The lowest BCUT2D eigenvalue weighted by Crippen LogP contribution is -2.47. The van der Waals surface area contributed by atoms with Crippen molar-refractivity contribution >= 4 is 11.8 Å². The van der Waals surface area contributed by atoms with Gasteiger partial charge in [-0.15, -0.1) is 0 Å². The Morgan fingerprint density at radius 1 is 1.11 bits per heavy atom. The molecule has 2 heterocycles. The number of methoxy groups -OCH3 is 1. The molecule has 148 valence electrons. The number of hydrogen-bond acceptors (Lipinski definition) is 5. The third-order valence-corrected chi connectivity index (χ3v) is 4.89. The molecule has 0 spiro atoms. The van der Waals surface area contributed by atoms with Crippen LogP contribution in [0.5, 0.6) is 5.75 Å². The number of aromatic nitrogens is 1. The van der Waals surface area contributed by atoms with Crippen molar-refractivity contribution < 1.29 is 14.3 Å². The molecule has 0 unspecified atom stereocenters. The van der Waals surface area contributed by atoms with Crippen LogP contribution >= 0.6 is 0 Å². The summed E-state index contributed by atoms with van der Waals surface area (Å²) >= 11 is 0. The molecule has 3 rings (SSSR count). The van der Waals surface area contributed by atoms with Crippen molar-refractivity contribution in [2.75, 3.05) is 46.9 Å². The van der Waals surface area contributed by atoms with Gasteiger partial charge in [0.25, 0.3) is 11.8 Å². The summed E-state index contributed by atoms with van der Waals surface area (Å²) in [6, 6.07) is 11.0. The number of likely N-dealkylation sites (N-methyl/N-ethyl adjacent to an activating group) is 1. The Bertz CT molecular complexity index is 815. The van der Waals surface area contributed by atoms with E-state index >= 15 is 0 Å². The van der Waals surface area contributed by atoms with E-state index in [0.29, 0.717) is 37.3 Å². The average Bonchev–Trinajstić information content (AvgIpc) is 2.74. The average molecular weight is 382 g/mol. The molecule has 7 nitrogen and oxygen atoms in total. The number of nitrogens with one attached hydrogen (secondary N) is 1. The standard InChI is InChI=1S/C21H26N4O3/c1-24-11-13-25(14-12-24)21(27)19-15-17(8-10-22-19)20(26)23-9-7-16-3-5-18(28-2)6-4-16/h3-6,8,10,15H,7,9,11-14H2,1-2H3,(H,23,26). The van der Waals surface area contributed by atoms with E-state index in [2.05, 4.69) is 15.2 Å². The summed E-state index contributed by atoms with van der Waals surface area (Å²) < 4.78 is 5.14. The molecule has 7 heteroatoms. The fourth-order valence-corrected chi connectivity index (χ4v) is 3.07. The molecule has 0 radical (unpaired) electrons. The Labute approximate surface area is 165 Å². The zero-order valence-corrected chi connectivity index (χ0v) is 16.4. The van der Waals surface area contributed by atoms with Gasteiger partial charge in [-0.05, 0) is 43.3 Å². The van der Waals surface area contributed by atoms with Crippen LogP contribution in [0.4, 0.5) is 0 Å². The molecule has 0 aliphatic carbocycles. The normalized spacial score (nSPS) is 14.6. The molecule has 0 bridgehead atoms. The number of carbonyl (C=O) groups is 2. The minimum absolute atomic E-state index is 0.124. The van der Waals surface area contributed by atoms with Crippen molar-refractivity contribution in [3.63, 3.8) is 0 Å². The molecule has 2 amide bonds. The highest BCUT2D eigenvalue weighted by Crippen LogP contribution is 2.12. The van der Waals surface area contributed by atoms with Crippen molar-refractivity contribution in [3.05, 3.63) is 59.4 Å². The number of ether oxygens (including phenoxy) is 1. The molecule has 0 saturated carbocycles. The summed E-state index contributed by atoms with van der Waals surface area (Å²) in [4.78, 5) is 33.2. The highest BCUT2D eigenvalue weighted by molar-refractivity contribution is 5.98. The van der Waals surface area contributed by atoms with Crippen LogP contribution in [0.3, 0.4) is 0 Å². The number of hydrogen-bond donors (Lipinski definition) is 1. The third-order valence-electron chi connectivity index (χ3n) is 4.89. The lowest BCUT2D eigenvalue weighted by Gasteiger charge is -2.32. The van der Waals surface area contributed by atoms with Crippen LogP contribution in [0.25, 0.3) is 0 Å². The van der Waals surface area contributed by atoms with E-state index in [1.165, 1.54) is 6.20 Å². The van der Waals surface area contributed by atoms with E-state index in [0.717, 1.165) is 24.4 Å². The smallest absolute Gasteiger partial charge is 0.272 e. The van der Waals surface area contributed by atoms with Crippen LogP contribution in [-0.2, 0) is 6.42 Å². The van der Waals surface area contributed by atoms with E-state index in [4.69, 9.17) is 4.74 Å². The summed E-state index contributed by atoms with van der Waals surface area (Å²) in [5.74, 6) is 0.478. The van der Waals surface area contributed by atoms with Crippen LogP contribution in [0, 0.1) is 0 Å². The van der Waals surface area contributed by atoms with Gasteiger partial charge in [-0.2, -0.15) is 0 Å². The van der Waals surface area contributed by atoms with E-state index in [-0.39, 0.29) is 11.8 Å². The monoisotopic (exact) mass is 382 g/mol. The van der Waals surface area contributed by atoms with Gasteiger partial charge in [0.05, 0.1) is 7.11 Å². The fraction of sp³-hybridized carbons (Fsp3) is 0.381. The Balaban J connectivity index is 1.55. The predicted molar refractivity (Wildman–Crippen MR) is 107 cm³/mol. The molecule has 1 saturated heterocycles. The lowest BCUT2D eigenvalue weighted by atomic mass is 10.1. The second-order valence-corrected chi connectivity index (χ2v) is 6.88. The minimum Gasteiger partial charge on any atom is -0.497 e. The van der Waals surface area contributed by atoms with Gasteiger partial charge in [0, 0.05) is 44.5 Å². The second-order valence-electron chi connectivity index (χ2n) is 6.88. The van der Waals surface area contributed by atoms with Crippen molar-refractivity contribution in [2.24, 2.45) is 0 Å². The molecule has 1 aromatic heterocycles. The van der Waals surface area contributed by atoms with Crippen LogP contribution in [0.15, 0.2) is 42.6 Å². The molecular formula is C21H26N4O3. The molecule has 1 aliphatic rings. The Kier molecular flexibility index (Phi) is 6.60. The molecule has 1 aromatic carbocycles. The first-order valence-corrected chi connectivity index (χ1v) is 9.42. The molecule has 1 N–H and O–H groups in total. The first kappa shape index (κ1) is 19.8. The minimum atomic E-state index is -0.205. The van der Waals surface area contributed by atoms with Crippen molar-refractivity contribution in [1.82, 2.24) is 20.1 Å². The van der Waals surface area contributed by atoms with Crippen molar-refractivity contribution in [3.8, 4) is 5.75 Å². The molecular weight excluding hydrogens is 356 g/mol. The zero-order chi connectivity index (χ0) is 19.9. The van der Waals surface area contributed by atoms with Gasteiger partial charge in [0.2, 0.25) is 0 Å². The van der Waals surface area contributed by atoms with E-state index in [1.54, 1.807) is 24.1 Å². The van der Waals surface area contributed by atoms with Gasteiger partial charge in [-0.25, -0.2) is 0 Å². The van der Waals surface area contributed by atoms with Gasteiger partial charge in [-0.3, -0.25) is 14.6 Å². The first-order valence-electron chi connectivity index (χ1n) is 9.42. The topological polar surface area (TPSA) is 74.8 Å². The van der Waals surface area contributed by atoms with Crippen molar-refractivity contribution in [1.29, 1.82) is 0 Å². The maximum absolute atomic E-state index is 12.6. The zero-order valence-electron chi connectivity index (χ0n) is 16.4. The van der Waals surface area contributed by atoms with E-state index in [1.807, 2.05) is 31.3 Å². The van der Waals surface area contributed by atoms with Crippen LogP contribution in [-0.4, -0.2) is 73.5 Å². The van der Waals surface area contributed by atoms with E-state index < -0.39 is 0 Å². The van der Waals surface area contributed by atoms with Gasteiger partial charge in [0.15, 0.2) is 0 Å². The summed E-state index contributed by atoms with van der Waals surface area (Å²) in [5.41, 5.74) is 1.87. The molecule has 28 heavy (non-hydrogen) atoms. The quantitative estimate of drug-likeness (QED) is 0.819. The summed E-state index contributed by atoms with van der Waals surface area (Å²) in [6.45, 7) is 3.55. The Morgan fingerprint density at radius 2 is 1.82 bits per heavy atom.